The second-order valence-electron chi connectivity index (χ2n) is 8.23. The summed E-state index contributed by atoms with van der Waals surface area (Å²) in [5.74, 6) is 0.810. The molecule has 0 bridgehead atoms. The number of hydrogen-bond donors (Lipinski definition) is 1. The summed E-state index contributed by atoms with van der Waals surface area (Å²) in [6.07, 6.45) is 5.62. The molecule has 1 aliphatic rings. The van der Waals surface area contributed by atoms with Crippen LogP contribution in [0.4, 0.5) is 5.69 Å². The summed E-state index contributed by atoms with van der Waals surface area (Å²) in [5.41, 5.74) is 2.27. The van der Waals surface area contributed by atoms with Crippen LogP contribution in [0.25, 0.3) is 0 Å². The second-order valence-corrected chi connectivity index (χ2v) is 8.23. The molecular weight excluding hydrogens is 414 g/mol. The van der Waals surface area contributed by atoms with Gasteiger partial charge in [0.1, 0.15) is 5.75 Å². The van der Waals surface area contributed by atoms with Crippen molar-refractivity contribution in [2.24, 2.45) is 0 Å². The molecule has 0 spiro atoms. The summed E-state index contributed by atoms with van der Waals surface area (Å²) in [7, 11) is 0. The first-order valence-corrected chi connectivity index (χ1v) is 11.5. The number of carbonyl (C=O) groups is 2. The van der Waals surface area contributed by atoms with Gasteiger partial charge in [-0.3, -0.25) is 9.59 Å². The standard InChI is InChI=1S/C27H29N3O3/c1-2-24(20-9-5-3-6-10-20)26(31)29-22-13-16-25(28-19-22)33-23-14-11-21(12-15-23)27(32)30-17-7-4-8-18-30/h3,5-6,9-16,19,24H,2,4,7-8,17-18H2,1H3,(H,29,31)/t24-/m0/s1. The van der Waals surface area contributed by atoms with Gasteiger partial charge in [0.2, 0.25) is 11.8 Å². The van der Waals surface area contributed by atoms with E-state index in [-0.39, 0.29) is 17.7 Å². The van der Waals surface area contributed by atoms with E-state index in [1.807, 2.05) is 42.2 Å². The number of rotatable bonds is 7. The highest BCUT2D eigenvalue weighted by molar-refractivity contribution is 5.96. The minimum Gasteiger partial charge on any atom is -0.439 e. The fourth-order valence-corrected chi connectivity index (χ4v) is 4.07. The second kappa shape index (κ2) is 10.8. The van der Waals surface area contributed by atoms with Gasteiger partial charge in [-0.15, -0.1) is 0 Å². The number of aromatic nitrogens is 1. The van der Waals surface area contributed by atoms with Gasteiger partial charge in [0, 0.05) is 24.7 Å². The lowest BCUT2D eigenvalue weighted by Crippen LogP contribution is -2.35. The first-order chi connectivity index (χ1) is 16.1. The van der Waals surface area contributed by atoms with E-state index >= 15 is 0 Å². The topological polar surface area (TPSA) is 71.5 Å². The van der Waals surface area contributed by atoms with Crippen LogP contribution in [-0.4, -0.2) is 34.8 Å². The Bertz CT molecular complexity index is 1060. The molecule has 0 saturated carbocycles. The van der Waals surface area contributed by atoms with Crippen LogP contribution in [-0.2, 0) is 4.79 Å². The number of benzene rings is 2. The molecule has 1 aromatic heterocycles. The quantitative estimate of drug-likeness (QED) is 0.514. The Morgan fingerprint density at radius 2 is 1.70 bits per heavy atom. The number of amides is 2. The minimum atomic E-state index is -0.215. The highest BCUT2D eigenvalue weighted by Gasteiger charge is 2.19. The highest BCUT2D eigenvalue weighted by Crippen LogP contribution is 2.24. The van der Waals surface area contributed by atoms with Crippen LogP contribution in [0.3, 0.4) is 0 Å². The Hall–Kier alpha value is -3.67. The number of ether oxygens (including phenoxy) is 1. The smallest absolute Gasteiger partial charge is 0.253 e. The molecule has 170 valence electrons. The summed E-state index contributed by atoms with van der Waals surface area (Å²) in [6, 6.07) is 20.4. The number of anilines is 1. The van der Waals surface area contributed by atoms with Crippen molar-refractivity contribution in [3.8, 4) is 11.6 Å². The maximum atomic E-state index is 12.7. The zero-order valence-corrected chi connectivity index (χ0v) is 18.9. The molecule has 0 aliphatic carbocycles. The van der Waals surface area contributed by atoms with E-state index in [2.05, 4.69) is 10.3 Å². The molecule has 1 fully saturated rings. The van der Waals surface area contributed by atoms with E-state index in [4.69, 9.17) is 4.74 Å². The van der Waals surface area contributed by atoms with Crippen molar-refractivity contribution in [1.82, 2.24) is 9.88 Å². The number of piperidine rings is 1. The van der Waals surface area contributed by atoms with Gasteiger partial charge in [-0.25, -0.2) is 4.98 Å². The Balaban J connectivity index is 1.34. The molecule has 6 nitrogen and oxygen atoms in total. The normalized spacial score (nSPS) is 14.4. The maximum absolute atomic E-state index is 12.7. The highest BCUT2D eigenvalue weighted by atomic mass is 16.5. The van der Waals surface area contributed by atoms with E-state index in [1.54, 1.807) is 42.6 Å². The van der Waals surface area contributed by atoms with Gasteiger partial charge in [-0.2, -0.15) is 0 Å². The Labute approximate surface area is 194 Å². The molecular formula is C27H29N3O3. The number of nitrogens with one attached hydrogen (secondary N) is 1. The van der Waals surface area contributed by atoms with Crippen molar-refractivity contribution < 1.29 is 14.3 Å². The lowest BCUT2D eigenvalue weighted by Gasteiger charge is -2.26. The van der Waals surface area contributed by atoms with Crippen LogP contribution in [0.15, 0.2) is 72.9 Å². The average Bonchev–Trinajstić information content (AvgIpc) is 2.87. The van der Waals surface area contributed by atoms with E-state index in [0.717, 1.165) is 31.5 Å². The van der Waals surface area contributed by atoms with Crippen LogP contribution >= 0.6 is 0 Å². The van der Waals surface area contributed by atoms with Crippen LogP contribution in [0, 0.1) is 0 Å². The van der Waals surface area contributed by atoms with Crippen molar-refractivity contribution in [3.63, 3.8) is 0 Å². The van der Waals surface area contributed by atoms with Gasteiger partial charge in [-0.1, -0.05) is 37.3 Å². The average molecular weight is 444 g/mol. The Morgan fingerprint density at radius 1 is 0.970 bits per heavy atom. The van der Waals surface area contributed by atoms with Gasteiger partial charge in [0.15, 0.2) is 0 Å². The van der Waals surface area contributed by atoms with Crippen LogP contribution in [0.1, 0.15) is 54.4 Å². The summed E-state index contributed by atoms with van der Waals surface area (Å²) < 4.78 is 5.81. The van der Waals surface area contributed by atoms with Gasteiger partial charge < -0.3 is 15.0 Å². The van der Waals surface area contributed by atoms with Crippen LogP contribution in [0.2, 0.25) is 0 Å². The zero-order chi connectivity index (χ0) is 23.0. The first-order valence-electron chi connectivity index (χ1n) is 11.5. The summed E-state index contributed by atoms with van der Waals surface area (Å²) in [6.45, 7) is 3.65. The van der Waals surface area contributed by atoms with Crippen molar-refractivity contribution in [1.29, 1.82) is 0 Å². The summed E-state index contributed by atoms with van der Waals surface area (Å²) >= 11 is 0. The molecule has 2 amide bonds. The molecule has 33 heavy (non-hydrogen) atoms. The third kappa shape index (κ3) is 5.77. The maximum Gasteiger partial charge on any atom is 0.253 e. The van der Waals surface area contributed by atoms with Gasteiger partial charge >= 0.3 is 0 Å². The predicted molar refractivity (Wildman–Crippen MR) is 129 cm³/mol. The first kappa shape index (κ1) is 22.5. The molecule has 1 aliphatic heterocycles. The minimum absolute atomic E-state index is 0.0619. The van der Waals surface area contributed by atoms with Gasteiger partial charge in [-0.05, 0) is 61.6 Å². The largest absolute Gasteiger partial charge is 0.439 e. The number of pyridine rings is 1. The number of nitrogens with zero attached hydrogens (tertiary/aromatic N) is 2. The summed E-state index contributed by atoms with van der Waals surface area (Å²) in [4.78, 5) is 31.5. The number of carbonyl (C=O) groups excluding carboxylic acids is 2. The third-order valence-electron chi connectivity index (χ3n) is 5.90. The van der Waals surface area contributed by atoms with Crippen LogP contribution < -0.4 is 10.1 Å². The van der Waals surface area contributed by atoms with Crippen molar-refractivity contribution in [3.05, 3.63) is 84.1 Å². The number of likely N-dealkylation sites (tertiary alicyclic amines) is 1. The summed E-state index contributed by atoms with van der Waals surface area (Å²) in [5, 5.41) is 2.93. The molecule has 1 N–H and O–H groups in total. The Morgan fingerprint density at radius 3 is 2.33 bits per heavy atom. The van der Waals surface area contributed by atoms with E-state index in [0.29, 0.717) is 29.3 Å². The zero-order valence-electron chi connectivity index (χ0n) is 18.9. The fourth-order valence-electron chi connectivity index (χ4n) is 4.07. The molecule has 2 aromatic carbocycles. The van der Waals surface area contributed by atoms with E-state index < -0.39 is 0 Å². The van der Waals surface area contributed by atoms with Crippen molar-refractivity contribution in [2.45, 2.75) is 38.5 Å². The molecule has 0 radical (unpaired) electrons. The third-order valence-corrected chi connectivity index (χ3v) is 5.90. The lowest BCUT2D eigenvalue weighted by atomic mass is 9.95. The number of hydrogen-bond acceptors (Lipinski definition) is 4. The molecule has 4 rings (SSSR count). The fraction of sp³-hybridized carbons (Fsp3) is 0.296. The molecule has 1 atom stereocenters. The molecule has 1 saturated heterocycles. The van der Waals surface area contributed by atoms with Crippen molar-refractivity contribution >= 4 is 17.5 Å². The SMILES string of the molecule is CC[C@H](C(=O)Nc1ccc(Oc2ccc(C(=O)N3CCCCC3)cc2)nc1)c1ccccc1. The molecule has 0 unspecified atom stereocenters. The molecule has 3 aromatic rings. The van der Waals surface area contributed by atoms with E-state index in [1.165, 1.54) is 6.42 Å². The predicted octanol–water partition coefficient (Wildman–Crippen LogP) is 5.63. The van der Waals surface area contributed by atoms with Gasteiger partial charge in [0.25, 0.3) is 5.91 Å². The monoisotopic (exact) mass is 443 g/mol. The van der Waals surface area contributed by atoms with Crippen LogP contribution in [0.5, 0.6) is 11.6 Å². The molecule has 6 heteroatoms. The van der Waals surface area contributed by atoms with Gasteiger partial charge in [0.05, 0.1) is 17.8 Å². The lowest BCUT2D eigenvalue weighted by molar-refractivity contribution is -0.117. The Kier molecular flexibility index (Phi) is 7.35. The van der Waals surface area contributed by atoms with Crippen molar-refractivity contribution in [2.75, 3.05) is 18.4 Å². The van der Waals surface area contributed by atoms with E-state index in [9.17, 15) is 9.59 Å². The molecule has 2 heterocycles.